The first kappa shape index (κ1) is 16.4. The van der Waals surface area contributed by atoms with Crippen LogP contribution in [0.15, 0.2) is 16.7 Å². The Bertz CT molecular complexity index is 717. The molecule has 0 radical (unpaired) electrons. The van der Waals surface area contributed by atoms with Gasteiger partial charge in [0.2, 0.25) is 11.7 Å². The molecule has 4 rings (SSSR count). The van der Waals surface area contributed by atoms with E-state index in [9.17, 15) is 8.78 Å². The largest absolute Gasteiger partial charge is 0.381 e. The van der Waals surface area contributed by atoms with Crippen molar-refractivity contribution in [3.05, 3.63) is 29.7 Å². The van der Waals surface area contributed by atoms with Crippen molar-refractivity contribution >= 4 is 5.69 Å². The van der Waals surface area contributed by atoms with E-state index in [1.807, 2.05) is 0 Å². The predicted octanol–water partition coefficient (Wildman–Crippen LogP) is 2.75. The third kappa shape index (κ3) is 3.36. The van der Waals surface area contributed by atoms with Crippen molar-refractivity contribution in [3.8, 4) is 11.4 Å². The van der Waals surface area contributed by atoms with Gasteiger partial charge in [0.05, 0.1) is 13.2 Å². The molecule has 0 unspecified atom stereocenters. The molecule has 0 atom stereocenters. The molecule has 0 saturated carbocycles. The number of morpholine rings is 1. The van der Waals surface area contributed by atoms with Gasteiger partial charge in [-0.1, -0.05) is 5.16 Å². The van der Waals surface area contributed by atoms with E-state index < -0.39 is 11.6 Å². The fourth-order valence-electron chi connectivity index (χ4n) is 3.25. The summed E-state index contributed by atoms with van der Waals surface area (Å²) in [4.78, 5) is 5.98. The first-order valence-electron chi connectivity index (χ1n) is 8.46. The highest BCUT2D eigenvalue weighted by molar-refractivity contribution is 5.62. The van der Waals surface area contributed by atoms with Crippen molar-refractivity contribution in [3.63, 3.8) is 0 Å². The van der Waals surface area contributed by atoms with E-state index >= 15 is 0 Å². The standard InChI is InChI=1S/C17H19F2N3O3/c18-13-9-12(10-14(19)15(13)22-3-7-24-8-4-22)16-20-17(25-21-16)11-1-5-23-6-2-11/h9-11H,1-8H2. The Morgan fingerprint density at radius 2 is 1.60 bits per heavy atom. The van der Waals surface area contributed by atoms with Gasteiger partial charge in [-0.05, 0) is 25.0 Å². The number of hydrogen-bond acceptors (Lipinski definition) is 6. The van der Waals surface area contributed by atoms with Crippen LogP contribution in [0.3, 0.4) is 0 Å². The number of hydrogen-bond donors (Lipinski definition) is 0. The van der Waals surface area contributed by atoms with Gasteiger partial charge in [0.15, 0.2) is 0 Å². The first-order valence-corrected chi connectivity index (χ1v) is 8.46. The molecule has 0 aliphatic carbocycles. The molecule has 134 valence electrons. The summed E-state index contributed by atoms with van der Waals surface area (Å²) in [6.45, 7) is 3.15. The van der Waals surface area contributed by atoms with Crippen LogP contribution in [0.2, 0.25) is 0 Å². The van der Waals surface area contributed by atoms with E-state index in [1.165, 1.54) is 12.1 Å². The lowest BCUT2D eigenvalue weighted by Gasteiger charge is -2.29. The zero-order valence-electron chi connectivity index (χ0n) is 13.7. The maximum absolute atomic E-state index is 14.5. The highest BCUT2D eigenvalue weighted by Gasteiger charge is 2.24. The van der Waals surface area contributed by atoms with Gasteiger partial charge in [-0.25, -0.2) is 8.78 Å². The van der Waals surface area contributed by atoms with Crippen LogP contribution in [0, 0.1) is 11.6 Å². The summed E-state index contributed by atoms with van der Waals surface area (Å²) in [5.41, 5.74) is 0.245. The average molecular weight is 351 g/mol. The quantitative estimate of drug-likeness (QED) is 0.847. The van der Waals surface area contributed by atoms with Gasteiger partial charge in [0.25, 0.3) is 0 Å². The fraction of sp³-hybridized carbons (Fsp3) is 0.529. The van der Waals surface area contributed by atoms with Gasteiger partial charge in [-0.3, -0.25) is 0 Å². The van der Waals surface area contributed by atoms with Gasteiger partial charge < -0.3 is 18.9 Å². The fourth-order valence-corrected chi connectivity index (χ4v) is 3.25. The topological polar surface area (TPSA) is 60.6 Å². The molecular formula is C17H19F2N3O3. The summed E-state index contributed by atoms with van der Waals surface area (Å²) in [7, 11) is 0. The number of benzene rings is 1. The van der Waals surface area contributed by atoms with Crippen LogP contribution in [0.5, 0.6) is 0 Å². The molecule has 0 N–H and O–H groups in total. The molecule has 3 heterocycles. The van der Waals surface area contributed by atoms with Gasteiger partial charge in [-0.2, -0.15) is 4.98 Å². The molecule has 2 fully saturated rings. The highest BCUT2D eigenvalue weighted by Crippen LogP contribution is 2.31. The lowest BCUT2D eigenvalue weighted by atomic mass is 10.0. The van der Waals surface area contributed by atoms with E-state index in [-0.39, 0.29) is 23.0 Å². The Morgan fingerprint density at radius 1 is 0.960 bits per heavy atom. The minimum absolute atomic E-state index is 0.0276. The van der Waals surface area contributed by atoms with Gasteiger partial charge in [0.1, 0.15) is 17.3 Å². The van der Waals surface area contributed by atoms with Crippen LogP contribution < -0.4 is 4.90 Å². The summed E-state index contributed by atoms with van der Waals surface area (Å²) >= 11 is 0. The Hall–Kier alpha value is -2.06. The minimum Gasteiger partial charge on any atom is -0.381 e. The van der Waals surface area contributed by atoms with Crippen molar-refractivity contribution < 1.29 is 22.8 Å². The predicted molar refractivity (Wildman–Crippen MR) is 85.5 cm³/mol. The van der Waals surface area contributed by atoms with Gasteiger partial charge in [-0.15, -0.1) is 0 Å². The summed E-state index contributed by atoms with van der Waals surface area (Å²) < 4.78 is 44.9. The van der Waals surface area contributed by atoms with Crippen LogP contribution in [0.4, 0.5) is 14.5 Å². The monoisotopic (exact) mass is 351 g/mol. The maximum atomic E-state index is 14.5. The molecule has 1 aromatic carbocycles. The van der Waals surface area contributed by atoms with Crippen LogP contribution in [0.1, 0.15) is 24.7 Å². The number of ether oxygens (including phenoxy) is 2. The van der Waals surface area contributed by atoms with E-state index in [2.05, 4.69) is 10.1 Å². The van der Waals surface area contributed by atoms with Gasteiger partial charge >= 0.3 is 0 Å². The second-order valence-corrected chi connectivity index (χ2v) is 6.23. The van der Waals surface area contributed by atoms with E-state index in [4.69, 9.17) is 14.0 Å². The summed E-state index contributed by atoms with van der Waals surface area (Å²) in [5.74, 6) is -0.426. The molecule has 25 heavy (non-hydrogen) atoms. The van der Waals surface area contributed by atoms with Crippen molar-refractivity contribution in [2.45, 2.75) is 18.8 Å². The summed E-state index contributed by atoms with van der Waals surface area (Å²) in [6, 6.07) is 2.51. The average Bonchev–Trinajstić information content (AvgIpc) is 3.13. The molecule has 0 spiro atoms. The number of nitrogens with zero attached hydrogens (tertiary/aromatic N) is 3. The Balaban J connectivity index is 1.59. The Morgan fingerprint density at radius 3 is 2.28 bits per heavy atom. The van der Waals surface area contributed by atoms with Gasteiger partial charge in [0, 0.05) is 37.8 Å². The second-order valence-electron chi connectivity index (χ2n) is 6.23. The second kappa shape index (κ2) is 7.05. The first-order chi connectivity index (χ1) is 12.2. The molecule has 2 aromatic rings. The number of anilines is 1. The lowest BCUT2D eigenvalue weighted by Crippen LogP contribution is -2.37. The molecule has 1 aromatic heterocycles. The molecule has 2 aliphatic rings. The molecule has 2 aliphatic heterocycles. The van der Waals surface area contributed by atoms with Crippen LogP contribution in [-0.4, -0.2) is 49.7 Å². The van der Waals surface area contributed by atoms with E-state index in [0.29, 0.717) is 45.4 Å². The zero-order chi connectivity index (χ0) is 17.2. The van der Waals surface area contributed by atoms with E-state index in [1.54, 1.807) is 4.90 Å². The lowest BCUT2D eigenvalue weighted by molar-refractivity contribution is 0.0778. The smallest absolute Gasteiger partial charge is 0.230 e. The molecule has 0 bridgehead atoms. The van der Waals surface area contributed by atoms with Crippen molar-refractivity contribution in [1.29, 1.82) is 0 Å². The molecule has 2 saturated heterocycles. The number of halogens is 2. The SMILES string of the molecule is Fc1cc(-c2noc(C3CCOCC3)n2)cc(F)c1N1CCOCC1. The third-order valence-corrected chi connectivity index (χ3v) is 4.61. The molecular weight excluding hydrogens is 332 g/mol. The van der Waals surface area contributed by atoms with E-state index in [0.717, 1.165) is 12.8 Å². The molecule has 8 heteroatoms. The highest BCUT2D eigenvalue weighted by atomic mass is 19.1. The minimum atomic E-state index is -0.630. The maximum Gasteiger partial charge on any atom is 0.230 e. The van der Waals surface area contributed by atoms with Crippen LogP contribution in [0.25, 0.3) is 11.4 Å². The summed E-state index contributed by atoms with van der Waals surface area (Å²) in [6.07, 6.45) is 1.61. The van der Waals surface area contributed by atoms with Crippen LogP contribution >= 0.6 is 0 Å². The Kier molecular flexibility index (Phi) is 4.63. The number of aromatic nitrogens is 2. The Labute approximate surface area is 143 Å². The van der Waals surface area contributed by atoms with Crippen LogP contribution in [-0.2, 0) is 9.47 Å². The van der Waals surface area contributed by atoms with Crippen molar-refractivity contribution in [1.82, 2.24) is 10.1 Å². The van der Waals surface area contributed by atoms with Crippen molar-refractivity contribution in [2.24, 2.45) is 0 Å². The summed E-state index contributed by atoms with van der Waals surface area (Å²) in [5, 5.41) is 3.89. The molecule has 0 amide bonds. The number of rotatable bonds is 3. The van der Waals surface area contributed by atoms with Crippen molar-refractivity contribution in [2.75, 3.05) is 44.4 Å². The zero-order valence-corrected chi connectivity index (χ0v) is 13.7. The third-order valence-electron chi connectivity index (χ3n) is 4.61. The normalized spacial score (nSPS) is 19.4. The molecule has 6 nitrogen and oxygen atoms in total.